The van der Waals surface area contributed by atoms with Gasteiger partial charge in [0, 0.05) is 19.3 Å². The van der Waals surface area contributed by atoms with Crippen molar-refractivity contribution in [2.45, 2.75) is 271 Å². The molecular formula is C73H116O6. The number of carbonyl (C=O) groups is 3. The zero-order valence-electron chi connectivity index (χ0n) is 50.8. The van der Waals surface area contributed by atoms with E-state index in [1.807, 2.05) is 0 Å². The predicted molar refractivity (Wildman–Crippen MR) is 343 cm³/mol. The van der Waals surface area contributed by atoms with Gasteiger partial charge in [0.25, 0.3) is 0 Å². The molecule has 0 spiro atoms. The predicted octanol–water partition coefficient (Wildman–Crippen LogP) is 22.1. The minimum atomic E-state index is -0.795. The molecule has 0 rings (SSSR count). The fraction of sp³-hybridized carbons (Fsp3) is 0.603. The number of esters is 3. The van der Waals surface area contributed by atoms with Crippen LogP contribution in [0.3, 0.4) is 0 Å². The van der Waals surface area contributed by atoms with Crippen LogP contribution in [0.25, 0.3) is 0 Å². The van der Waals surface area contributed by atoms with Gasteiger partial charge in [-0.05, 0) is 128 Å². The summed E-state index contributed by atoms with van der Waals surface area (Å²) in [4.78, 5) is 37.9. The summed E-state index contributed by atoms with van der Waals surface area (Å²) in [6, 6.07) is 0. The number of hydrogen-bond acceptors (Lipinski definition) is 6. The lowest BCUT2D eigenvalue weighted by Gasteiger charge is -2.18. The number of rotatable bonds is 56. The average Bonchev–Trinajstić information content (AvgIpc) is 3.45. The van der Waals surface area contributed by atoms with Gasteiger partial charge in [0.2, 0.25) is 0 Å². The van der Waals surface area contributed by atoms with Crippen LogP contribution >= 0.6 is 0 Å². The monoisotopic (exact) mass is 1090 g/mol. The van der Waals surface area contributed by atoms with Gasteiger partial charge >= 0.3 is 17.9 Å². The molecule has 0 bridgehead atoms. The number of hydrogen-bond donors (Lipinski definition) is 0. The molecule has 6 nitrogen and oxygen atoms in total. The quantitative estimate of drug-likeness (QED) is 0.0261. The molecule has 0 aromatic rings. The van der Waals surface area contributed by atoms with Crippen molar-refractivity contribution in [1.82, 2.24) is 0 Å². The van der Waals surface area contributed by atoms with Gasteiger partial charge in [-0.15, -0.1) is 0 Å². The molecule has 0 aromatic heterocycles. The van der Waals surface area contributed by atoms with Crippen LogP contribution in [0.5, 0.6) is 0 Å². The normalized spacial score (nSPS) is 13.2. The topological polar surface area (TPSA) is 78.9 Å². The summed E-state index contributed by atoms with van der Waals surface area (Å²) in [5, 5.41) is 0. The highest BCUT2D eigenvalue weighted by Crippen LogP contribution is 2.15. The van der Waals surface area contributed by atoms with Crippen molar-refractivity contribution < 1.29 is 28.6 Å². The SMILES string of the molecule is CC/C=C\C/C=C\C/C=C\C/C=C\C/C=C\C/C=C\C/C=C\C/C=C\CCCCCCC(=O)OCC(COC(=O)CCCCCCC)OC(=O)CCCCCCCCCCCCC/C=C\C/C=C\C/C=C\C/C=C\C/C=C\CC. The summed E-state index contributed by atoms with van der Waals surface area (Å²) >= 11 is 0. The Morgan fingerprint density at radius 1 is 0.266 bits per heavy atom. The van der Waals surface area contributed by atoms with E-state index < -0.39 is 6.10 Å². The molecule has 79 heavy (non-hydrogen) atoms. The Morgan fingerprint density at radius 2 is 0.494 bits per heavy atom. The van der Waals surface area contributed by atoms with Crippen LogP contribution in [0.15, 0.2) is 158 Å². The fourth-order valence-corrected chi connectivity index (χ4v) is 8.31. The Bertz CT molecular complexity index is 1780. The zero-order valence-corrected chi connectivity index (χ0v) is 50.8. The largest absolute Gasteiger partial charge is 0.462 e. The van der Waals surface area contributed by atoms with Crippen LogP contribution in [-0.2, 0) is 28.6 Å². The molecule has 444 valence electrons. The molecule has 0 aliphatic heterocycles. The van der Waals surface area contributed by atoms with Crippen molar-refractivity contribution in [3.63, 3.8) is 0 Å². The summed E-state index contributed by atoms with van der Waals surface area (Å²) in [5.41, 5.74) is 0. The third kappa shape index (κ3) is 63.7. The zero-order chi connectivity index (χ0) is 57.1. The van der Waals surface area contributed by atoms with Gasteiger partial charge < -0.3 is 14.2 Å². The summed E-state index contributed by atoms with van der Waals surface area (Å²) in [6.45, 7) is 6.30. The Morgan fingerprint density at radius 3 is 0.772 bits per heavy atom. The molecule has 1 unspecified atom stereocenters. The van der Waals surface area contributed by atoms with E-state index >= 15 is 0 Å². The molecular weight excluding hydrogens is 973 g/mol. The molecule has 0 heterocycles. The highest BCUT2D eigenvalue weighted by molar-refractivity contribution is 5.71. The Labute approximate surface area is 486 Å². The maximum atomic E-state index is 12.8. The number of unbranched alkanes of at least 4 members (excludes halogenated alkanes) is 19. The first-order valence-corrected chi connectivity index (χ1v) is 32.0. The van der Waals surface area contributed by atoms with Gasteiger partial charge in [0.15, 0.2) is 6.10 Å². The summed E-state index contributed by atoms with van der Waals surface area (Å²) in [7, 11) is 0. The Balaban J connectivity index is 4.16. The fourth-order valence-electron chi connectivity index (χ4n) is 8.31. The van der Waals surface area contributed by atoms with Crippen LogP contribution in [0.4, 0.5) is 0 Å². The van der Waals surface area contributed by atoms with Crippen molar-refractivity contribution >= 4 is 17.9 Å². The molecule has 0 saturated carbocycles. The molecule has 0 radical (unpaired) electrons. The highest BCUT2D eigenvalue weighted by atomic mass is 16.6. The number of allylic oxidation sites excluding steroid dienone is 26. The summed E-state index contributed by atoms with van der Waals surface area (Å²) in [5.74, 6) is -0.940. The van der Waals surface area contributed by atoms with Gasteiger partial charge in [-0.2, -0.15) is 0 Å². The molecule has 0 amide bonds. The molecule has 0 aromatic carbocycles. The second-order valence-electron chi connectivity index (χ2n) is 20.6. The van der Waals surface area contributed by atoms with E-state index in [2.05, 4.69) is 179 Å². The second-order valence-corrected chi connectivity index (χ2v) is 20.6. The summed E-state index contributed by atoms with van der Waals surface area (Å²) < 4.78 is 16.7. The molecule has 0 N–H and O–H groups in total. The summed E-state index contributed by atoms with van der Waals surface area (Å²) in [6.07, 6.45) is 95.8. The Hall–Kier alpha value is -4.97. The van der Waals surface area contributed by atoms with Crippen LogP contribution in [-0.4, -0.2) is 37.2 Å². The standard InChI is InChI=1S/C73H116O6/c1-4-7-10-13-15-17-19-21-23-25-27-29-31-33-35-36-38-39-41-43-45-47-49-51-53-55-57-60-63-66-72(75)78-69-70(68-77-71(74)65-62-59-12-9-6-3)79-73(76)67-64-61-58-56-54-52-50-48-46-44-42-40-37-34-32-30-28-26-24-22-20-18-16-14-11-8-5-2/h7-8,10-11,15-18,21-24,27-30,33-35,37-39,43,45,49,51,70H,4-6,9,12-14,19-20,25-26,31-32,36,40-42,44,46-48,50,52-69H2,1-3H3/b10-7-,11-8-,17-15-,18-16-,23-21-,24-22-,29-27-,30-28-,35-33-,37-34-,39-38-,45-43-,51-49-. The van der Waals surface area contributed by atoms with E-state index in [0.717, 1.165) is 167 Å². The van der Waals surface area contributed by atoms with Crippen molar-refractivity contribution in [2.75, 3.05) is 13.2 Å². The number of ether oxygens (including phenoxy) is 3. The van der Waals surface area contributed by atoms with Crippen molar-refractivity contribution in [3.8, 4) is 0 Å². The molecule has 1 atom stereocenters. The minimum Gasteiger partial charge on any atom is -0.462 e. The molecule has 0 saturated heterocycles. The van der Waals surface area contributed by atoms with Crippen molar-refractivity contribution in [3.05, 3.63) is 158 Å². The smallest absolute Gasteiger partial charge is 0.306 e. The molecule has 6 heteroatoms. The first kappa shape index (κ1) is 74.0. The lowest BCUT2D eigenvalue weighted by molar-refractivity contribution is -0.167. The van der Waals surface area contributed by atoms with Crippen LogP contribution < -0.4 is 0 Å². The molecule has 0 aliphatic carbocycles. The maximum absolute atomic E-state index is 12.8. The first-order chi connectivity index (χ1) is 39.0. The highest BCUT2D eigenvalue weighted by Gasteiger charge is 2.19. The van der Waals surface area contributed by atoms with Gasteiger partial charge in [-0.3, -0.25) is 14.4 Å². The van der Waals surface area contributed by atoms with E-state index in [0.29, 0.717) is 19.3 Å². The average molecular weight is 1090 g/mol. The van der Waals surface area contributed by atoms with Gasteiger partial charge in [0.1, 0.15) is 13.2 Å². The minimum absolute atomic E-state index is 0.0934. The molecule has 0 fully saturated rings. The second kappa shape index (κ2) is 65.5. The van der Waals surface area contributed by atoms with Gasteiger partial charge in [-0.25, -0.2) is 0 Å². The lowest BCUT2D eigenvalue weighted by atomic mass is 10.0. The van der Waals surface area contributed by atoms with Crippen LogP contribution in [0, 0.1) is 0 Å². The third-order valence-corrected chi connectivity index (χ3v) is 13.0. The van der Waals surface area contributed by atoms with E-state index in [-0.39, 0.29) is 31.1 Å². The maximum Gasteiger partial charge on any atom is 0.306 e. The Kier molecular flexibility index (Phi) is 61.4. The van der Waals surface area contributed by atoms with E-state index in [9.17, 15) is 14.4 Å². The van der Waals surface area contributed by atoms with Gasteiger partial charge in [0.05, 0.1) is 0 Å². The first-order valence-electron chi connectivity index (χ1n) is 32.0. The third-order valence-electron chi connectivity index (χ3n) is 13.0. The van der Waals surface area contributed by atoms with Crippen LogP contribution in [0.1, 0.15) is 265 Å². The van der Waals surface area contributed by atoms with Crippen molar-refractivity contribution in [2.24, 2.45) is 0 Å². The van der Waals surface area contributed by atoms with E-state index in [1.54, 1.807) is 0 Å². The van der Waals surface area contributed by atoms with E-state index in [1.165, 1.54) is 57.8 Å². The van der Waals surface area contributed by atoms with E-state index in [4.69, 9.17) is 14.2 Å². The van der Waals surface area contributed by atoms with Gasteiger partial charge in [-0.1, -0.05) is 275 Å². The van der Waals surface area contributed by atoms with Crippen LogP contribution in [0.2, 0.25) is 0 Å². The number of carbonyl (C=O) groups excluding carboxylic acids is 3. The molecule has 0 aliphatic rings. The van der Waals surface area contributed by atoms with Crippen molar-refractivity contribution in [1.29, 1.82) is 0 Å². The lowest BCUT2D eigenvalue weighted by Crippen LogP contribution is -2.30.